The van der Waals surface area contributed by atoms with E-state index in [1.54, 1.807) is 6.20 Å². The van der Waals surface area contributed by atoms with Crippen LogP contribution in [0.5, 0.6) is 5.75 Å². The topological polar surface area (TPSA) is 78.3 Å². The predicted molar refractivity (Wildman–Crippen MR) is 101 cm³/mol. The standard InChI is InChI=1S/C20H16F3N5O/c1-12-10-25-28-18(12)17(26-27-19(28)24)15-8-7-14(20(21,22)23)9-16(15)29-11-13-5-3-2-4-6-13/h2-10H,11H2,1H3,(H2,24,27). The second-order valence-corrected chi connectivity index (χ2v) is 6.48. The first-order chi connectivity index (χ1) is 13.8. The lowest BCUT2D eigenvalue weighted by molar-refractivity contribution is -0.137. The fourth-order valence-electron chi connectivity index (χ4n) is 3.01. The first kappa shape index (κ1) is 18.7. The SMILES string of the molecule is Cc1cnn2c(N)nnc(-c3ccc(C(F)(F)F)cc3OCc3ccccc3)c12. The van der Waals surface area contributed by atoms with Crippen LogP contribution in [0.3, 0.4) is 0 Å². The highest BCUT2D eigenvalue weighted by molar-refractivity contribution is 5.83. The Morgan fingerprint density at radius 1 is 1.07 bits per heavy atom. The summed E-state index contributed by atoms with van der Waals surface area (Å²) in [6.07, 6.45) is -2.91. The minimum Gasteiger partial charge on any atom is -0.488 e. The summed E-state index contributed by atoms with van der Waals surface area (Å²) in [5.41, 5.74) is 7.86. The van der Waals surface area contributed by atoms with Crippen molar-refractivity contribution < 1.29 is 17.9 Å². The molecule has 0 bridgehead atoms. The number of rotatable bonds is 4. The lowest BCUT2D eigenvalue weighted by atomic mass is 10.0. The van der Waals surface area contributed by atoms with Gasteiger partial charge in [0.2, 0.25) is 5.95 Å². The monoisotopic (exact) mass is 399 g/mol. The first-order valence-corrected chi connectivity index (χ1v) is 8.69. The maximum absolute atomic E-state index is 13.3. The number of halogens is 3. The Morgan fingerprint density at radius 2 is 1.83 bits per heavy atom. The zero-order chi connectivity index (χ0) is 20.6. The molecule has 0 amide bonds. The Labute approximate surface area is 163 Å². The average Bonchev–Trinajstić information content (AvgIpc) is 3.10. The summed E-state index contributed by atoms with van der Waals surface area (Å²) in [5, 5.41) is 12.2. The van der Waals surface area contributed by atoms with Crippen molar-refractivity contribution in [1.29, 1.82) is 0 Å². The molecule has 9 heteroatoms. The van der Waals surface area contributed by atoms with E-state index in [9.17, 15) is 13.2 Å². The molecule has 0 saturated carbocycles. The van der Waals surface area contributed by atoms with Crippen molar-refractivity contribution in [2.24, 2.45) is 0 Å². The molecule has 0 saturated heterocycles. The van der Waals surface area contributed by atoms with Crippen molar-refractivity contribution in [2.75, 3.05) is 5.73 Å². The number of hydrogen-bond donors (Lipinski definition) is 1. The number of aryl methyl sites for hydroxylation is 1. The number of anilines is 1. The van der Waals surface area contributed by atoms with Crippen molar-refractivity contribution >= 4 is 11.5 Å². The molecule has 0 aliphatic rings. The van der Waals surface area contributed by atoms with Crippen molar-refractivity contribution in [1.82, 2.24) is 19.8 Å². The summed E-state index contributed by atoms with van der Waals surface area (Å²) >= 11 is 0. The van der Waals surface area contributed by atoms with E-state index in [0.29, 0.717) is 16.8 Å². The highest BCUT2D eigenvalue weighted by Crippen LogP contribution is 2.38. The molecule has 0 aliphatic heterocycles. The number of fused-ring (bicyclic) bond motifs is 1. The molecule has 0 aliphatic carbocycles. The van der Waals surface area contributed by atoms with E-state index in [0.717, 1.165) is 23.3 Å². The van der Waals surface area contributed by atoms with Crippen LogP contribution in [0, 0.1) is 6.92 Å². The van der Waals surface area contributed by atoms with Crippen LogP contribution in [0.15, 0.2) is 54.7 Å². The van der Waals surface area contributed by atoms with E-state index >= 15 is 0 Å². The fraction of sp³-hybridized carbons (Fsp3) is 0.150. The van der Waals surface area contributed by atoms with Gasteiger partial charge in [0, 0.05) is 5.56 Å². The van der Waals surface area contributed by atoms with Gasteiger partial charge >= 0.3 is 6.18 Å². The third-order valence-electron chi connectivity index (χ3n) is 4.45. The van der Waals surface area contributed by atoms with Crippen LogP contribution < -0.4 is 10.5 Å². The maximum atomic E-state index is 13.3. The van der Waals surface area contributed by atoms with Gasteiger partial charge in [-0.1, -0.05) is 30.3 Å². The summed E-state index contributed by atoms with van der Waals surface area (Å²) in [6, 6.07) is 12.5. The molecule has 2 heterocycles. The normalized spacial score (nSPS) is 11.7. The fourth-order valence-corrected chi connectivity index (χ4v) is 3.01. The molecule has 4 rings (SSSR count). The Hall–Kier alpha value is -3.62. The minimum absolute atomic E-state index is 0.0465. The zero-order valence-corrected chi connectivity index (χ0v) is 15.3. The molecule has 6 nitrogen and oxygen atoms in total. The third kappa shape index (κ3) is 3.58. The molecule has 0 radical (unpaired) electrons. The van der Waals surface area contributed by atoms with Crippen molar-refractivity contribution in [3.8, 4) is 17.0 Å². The molecule has 2 N–H and O–H groups in total. The molecule has 0 atom stereocenters. The minimum atomic E-state index is -4.50. The van der Waals surface area contributed by atoms with E-state index in [4.69, 9.17) is 10.5 Å². The Morgan fingerprint density at radius 3 is 2.55 bits per heavy atom. The predicted octanol–water partition coefficient (Wildman–Crippen LogP) is 4.28. The highest BCUT2D eigenvalue weighted by Gasteiger charge is 2.32. The third-order valence-corrected chi connectivity index (χ3v) is 4.45. The number of ether oxygens (including phenoxy) is 1. The van der Waals surface area contributed by atoms with Crippen LogP contribution in [0.2, 0.25) is 0 Å². The van der Waals surface area contributed by atoms with Gasteiger partial charge in [0.05, 0.1) is 11.8 Å². The van der Waals surface area contributed by atoms with Gasteiger partial charge < -0.3 is 10.5 Å². The molecule has 0 fully saturated rings. The summed E-state index contributed by atoms with van der Waals surface area (Å²) < 4.78 is 47.0. The molecule has 2 aromatic carbocycles. The van der Waals surface area contributed by atoms with Crippen LogP contribution in [0.25, 0.3) is 16.8 Å². The number of benzene rings is 2. The molecule has 0 spiro atoms. The Balaban J connectivity index is 1.85. The molecule has 4 aromatic rings. The molecule has 29 heavy (non-hydrogen) atoms. The molecular formula is C20H16F3N5O. The van der Waals surface area contributed by atoms with Gasteiger partial charge in [0.15, 0.2) is 0 Å². The Bertz CT molecular complexity index is 1170. The van der Waals surface area contributed by atoms with Gasteiger partial charge in [-0.25, -0.2) is 0 Å². The van der Waals surface area contributed by atoms with Gasteiger partial charge in [0.25, 0.3) is 0 Å². The Kier molecular flexibility index (Phi) is 4.57. The van der Waals surface area contributed by atoms with Gasteiger partial charge in [-0.3, -0.25) is 0 Å². The van der Waals surface area contributed by atoms with Crippen molar-refractivity contribution in [2.45, 2.75) is 19.7 Å². The molecule has 148 valence electrons. The van der Waals surface area contributed by atoms with Gasteiger partial charge in [-0.15, -0.1) is 10.2 Å². The number of aromatic nitrogens is 4. The van der Waals surface area contributed by atoms with E-state index in [2.05, 4.69) is 15.3 Å². The van der Waals surface area contributed by atoms with E-state index < -0.39 is 11.7 Å². The second-order valence-electron chi connectivity index (χ2n) is 6.48. The number of nitrogens with two attached hydrogens (primary N) is 1. The molecule has 0 unspecified atom stereocenters. The molecule has 2 aromatic heterocycles. The van der Waals surface area contributed by atoms with Crippen LogP contribution in [0.1, 0.15) is 16.7 Å². The number of alkyl halides is 3. The van der Waals surface area contributed by atoms with Gasteiger partial charge in [-0.05, 0) is 36.2 Å². The molecular weight excluding hydrogens is 383 g/mol. The van der Waals surface area contributed by atoms with Gasteiger partial charge in [-0.2, -0.15) is 22.8 Å². The van der Waals surface area contributed by atoms with Crippen LogP contribution in [-0.2, 0) is 12.8 Å². The largest absolute Gasteiger partial charge is 0.488 e. The number of hydrogen-bond acceptors (Lipinski definition) is 5. The second kappa shape index (κ2) is 7.08. The van der Waals surface area contributed by atoms with Crippen molar-refractivity contribution in [3.05, 3.63) is 71.4 Å². The highest BCUT2D eigenvalue weighted by atomic mass is 19.4. The maximum Gasteiger partial charge on any atom is 0.416 e. The quantitative estimate of drug-likeness (QED) is 0.554. The zero-order valence-electron chi connectivity index (χ0n) is 15.3. The number of nitrogen functional groups attached to an aromatic ring is 1. The van der Waals surface area contributed by atoms with Crippen LogP contribution in [0.4, 0.5) is 19.1 Å². The smallest absolute Gasteiger partial charge is 0.416 e. The lowest BCUT2D eigenvalue weighted by Crippen LogP contribution is -2.08. The van der Waals surface area contributed by atoms with E-state index in [-0.39, 0.29) is 18.3 Å². The lowest BCUT2D eigenvalue weighted by Gasteiger charge is -2.15. The average molecular weight is 399 g/mol. The summed E-state index contributed by atoms with van der Waals surface area (Å²) in [6.45, 7) is 1.91. The van der Waals surface area contributed by atoms with Crippen LogP contribution >= 0.6 is 0 Å². The summed E-state index contributed by atoms with van der Waals surface area (Å²) in [4.78, 5) is 0. The van der Waals surface area contributed by atoms with Gasteiger partial charge in [0.1, 0.15) is 23.6 Å². The van der Waals surface area contributed by atoms with Crippen LogP contribution in [-0.4, -0.2) is 19.8 Å². The van der Waals surface area contributed by atoms with Crippen molar-refractivity contribution in [3.63, 3.8) is 0 Å². The van der Waals surface area contributed by atoms with E-state index in [1.165, 1.54) is 10.6 Å². The summed E-state index contributed by atoms with van der Waals surface area (Å²) in [5.74, 6) is 0.126. The number of nitrogens with zero attached hydrogens (tertiary/aromatic N) is 4. The summed E-state index contributed by atoms with van der Waals surface area (Å²) in [7, 11) is 0. The van der Waals surface area contributed by atoms with E-state index in [1.807, 2.05) is 37.3 Å². The first-order valence-electron chi connectivity index (χ1n) is 8.69.